The molecule has 1 unspecified atom stereocenters. The van der Waals surface area contributed by atoms with Crippen molar-refractivity contribution < 1.29 is 4.79 Å². The first-order valence-electron chi connectivity index (χ1n) is 4.15. The zero-order valence-electron chi connectivity index (χ0n) is 7.02. The molecule has 0 radical (unpaired) electrons. The minimum absolute atomic E-state index is 0.140. The smallest absolute Gasteiger partial charge is 0.137 e. The summed E-state index contributed by atoms with van der Waals surface area (Å²) in [7, 11) is 0. The second-order valence-electron chi connectivity index (χ2n) is 3.11. The summed E-state index contributed by atoms with van der Waals surface area (Å²) in [4.78, 5) is 11.1. The molecule has 0 bridgehead atoms. The summed E-state index contributed by atoms with van der Waals surface area (Å²) in [6.07, 6.45) is 4.40. The number of rotatable bonds is 1. The Hall–Kier alpha value is -0.810. The van der Waals surface area contributed by atoms with Gasteiger partial charge < -0.3 is 0 Å². The Morgan fingerprint density at radius 3 is 2.82 bits per heavy atom. The van der Waals surface area contributed by atoms with Gasteiger partial charge in [-0.1, -0.05) is 13.0 Å². The van der Waals surface area contributed by atoms with Crippen molar-refractivity contribution >= 4 is 5.78 Å². The van der Waals surface area contributed by atoms with Gasteiger partial charge in [0.05, 0.1) is 0 Å². The van der Waals surface area contributed by atoms with Crippen LogP contribution < -0.4 is 0 Å². The molecule has 1 heteroatoms. The second kappa shape index (κ2) is 3.54. The number of hydrogen-bond acceptors (Lipinski definition) is 1. The molecule has 11 heavy (non-hydrogen) atoms. The second-order valence-corrected chi connectivity index (χ2v) is 3.11. The summed E-state index contributed by atoms with van der Waals surface area (Å²) in [5.41, 5.74) is 4.01. The number of allylic oxidation sites excluding steroid dienone is 1. The largest absolute Gasteiger partial charge is 0.299 e. The van der Waals surface area contributed by atoms with Crippen molar-refractivity contribution in [3.63, 3.8) is 0 Å². The van der Waals surface area contributed by atoms with E-state index in [4.69, 9.17) is 0 Å². The molecule has 0 spiro atoms. The van der Waals surface area contributed by atoms with E-state index in [1.807, 2.05) is 0 Å². The molecule has 1 aliphatic carbocycles. The molecule has 0 aromatic heterocycles. The first-order valence-corrected chi connectivity index (χ1v) is 4.15. The van der Waals surface area contributed by atoms with Gasteiger partial charge in [-0.3, -0.25) is 4.79 Å². The van der Waals surface area contributed by atoms with Crippen molar-refractivity contribution in [1.29, 1.82) is 0 Å². The van der Waals surface area contributed by atoms with Crippen LogP contribution in [0.25, 0.3) is 0 Å². The van der Waals surface area contributed by atoms with E-state index in [0.29, 0.717) is 0 Å². The van der Waals surface area contributed by atoms with Gasteiger partial charge in [0.25, 0.3) is 0 Å². The highest BCUT2D eigenvalue weighted by Crippen LogP contribution is 2.28. The molecule has 0 amide bonds. The van der Waals surface area contributed by atoms with Gasteiger partial charge in [-0.05, 0) is 31.8 Å². The lowest BCUT2D eigenvalue weighted by molar-refractivity contribution is -0.120. The van der Waals surface area contributed by atoms with Gasteiger partial charge in [0.2, 0.25) is 0 Å². The highest BCUT2D eigenvalue weighted by Gasteiger charge is 2.21. The summed E-state index contributed by atoms with van der Waals surface area (Å²) < 4.78 is 0. The lowest BCUT2D eigenvalue weighted by Crippen LogP contribution is -2.16. The van der Waals surface area contributed by atoms with E-state index in [0.717, 1.165) is 18.4 Å². The Kier molecular flexibility index (Phi) is 2.67. The van der Waals surface area contributed by atoms with E-state index < -0.39 is 0 Å². The average Bonchev–Trinajstić information content (AvgIpc) is 2.04. The van der Waals surface area contributed by atoms with E-state index in [9.17, 15) is 4.79 Å². The maximum absolute atomic E-state index is 11.1. The molecule has 1 aliphatic rings. The third-order valence-electron chi connectivity index (χ3n) is 2.33. The minimum Gasteiger partial charge on any atom is -0.299 e. The van der Waals surface area contributed by atoms with Gasteiger partial charge in [0.15, 0.2) is 0 Å². The summed E-state index contributed by atoms with van der Waals surface area (Å²) in [6.45, 7) is 5.26. The Morgan fingerprint density at radius 2 is 2.36 bits per heavy atom. The van der Waals surface area contributed by atoms with Crippen molar-refractivity contribution in [2.24, 2.45) is 5.92 Å². The Morgan fingerprint density at radius 1 is 1.64 bits per heavy atom. The molecule has 0 aromatic carbocycles. The molecule has 1 nitrogen and oxygen atoms in total. The fourth-order valence-corrected chi connectivity index (χ4v) is 1.67. The van der Waals surface area contributed by atoms with Crippen LogP contribution in [0.15, 0.2) is 17.9 Å². The zero-order chi connectivity index (χ0) is 8.27. The molecule has 0 aliphatic heterocycles. The van der Waals surface area contributed by atoms with Gasteiger partial charge in [0, 0.05) is 5.92 Å². The van der Waals surface area contributed by atoms with E-state index in [1.165, 1.54) is 12.8 Å². The van der Waals surface area contributed by atoms with Crippen LogP contribution in [0.4, 0.5) is 0 Å². The monoisotopic (exact) mass is 150 g/mol. The van der Waals surface area contributed by atoms with E-state index in [-0.39, 0.29) is 11.7 Å². The van der Waals surface area contributed by atoms with Crippen LogP contribution in [0.2, 0.25) is 0 Å². The number of ketones is 1. The first-order chi connectivity index (χ1) is 5.25. The van der Waals surface area contributed by atoms with Crippen LogP contribution in [-0.4, -0.2) is 5.78 Å². The summed E-state index contributed by atoms with van der Waals surface area (Å²) in [5.74, 6) is 0.414. The topological polar surface area (TPSA) is 17.1 Å². The third-order valence-corrected chi connectivity index (χ3v) is 2.33. The maximum Gasteiger partial charge on any atom is 0.137 e. The molecule has 0 N–H and O–H groups in total. The maximum atomic E-state index is 11.1. The molecule has 1 fully saturated rings. The van der Waals surface area contributed by atoms with Crippen molar-refractivity contribution in [3.05, 3.63) is 17.9 Å². The first kappa shape index (κ1) is 8.29. The molecule has 0 saturated heterocycles. The fourth-order valence-electron chi connectivity index (χ4n) is 1.67. The van der Waals surface area contributed by atoms with E-state index >= 15 is 0 Å². The molecule has 60 valence electrons. The van der Waals surface area contributed by atoms with Crippen LogP contribution in [0, 0.1) is 5.92 Å². The predicted molar refractivity (Wildman–Crippen MR) is 45.3 cm³/mol. The molecule has 0 aromatic rings. The molecule has 0 heterocycles. The normalized spacial score (nSPS) is 24.5. The van der Waals surface area contributed by atoms with E-state index in [2.05, 4.69) is 12.3 Å². The standard InChI is InChI=1S/C10H14O/c1-3-9-6-4-5-7-10(9)8(2)11/h10H,1,4-7H2,2H3. The van der Waals surface area contributed by atoms with Crippen molar-refractivity contribution in [1.82, 2.24) is 0 Å². The van der Waals surface area contributed by atoms with Gasteiger partial charge in [-0.2, -0.15) is 0 Å². The SMILES string of the molecule is C=C=C1CCCCC1C(C)=O. The lowest BCUT2D eigenvalue weighted by Gasteiger charge is -2.20. The summed E-state index contributed by atoms with van der Waals surface area (Å²) in [5, 5.41) is 0. The summed E-state index contributed by atoms with van der Waals surface area (Å²) in [6, 6.07) is 0. The quantitative estimate of drug-likeness (QED) is 0.525. The average molecular weight is 150 g/mol. The van der Waals surface area contributed by atoms with Crippen molar-refractivity contribution in [2.45, 2.75) is 32.6 Å². The number of hydrogen-bond donors (Lipinski definition) is 0. The van der Waals surface area contributed by atoms with Crippen molar-refractivity contribution in [3.8, 4) is 0 Å². The van der Waals surface area contributed by atoms with Crippen LogP contribution in [-0.2, 0) is 4.79 Å². The highest BCUT2D eigenvalue weighted by molar-refractivity contribution is 5.81. The zero-order valence-corrected chi connectivity index (χ0v) is 7.02. The van der Waals surface area contributed by atoms with Gasteiger partial charge in [-0.25, -0.2) is 0 Å². The molecule has 1 saturated carbocycles. The highest BCUT2D eigenvalue weighted by atomic mass is 16.1. The summed E-state index contributed by atoms with van der Waals surface area (Å²) >= 11 is 0. The number of carbonyl (C=O) groups excluding carboxylic acids is 1. The van der Waals surface area contributed by atoms with E-state index in [1.54, 1.807) is 6.92 Å². The number of Topliss-reactive ketones (excluding diaryl/α,β-unsaturated/α-hetero) is 1. The third kappa shape index (κ3) is 1.81. The van der Waals surface area contributed by atoms with Crippen LogP contribution >= 0.6 is 0 Å². The predicted octanol–water partition coefficient (Wildman–Crippen LogP) is 2.48. The number of carbonyl (C=O) groups is 1. The Balaban J connectivity index is 2.75. The molecule has 1 atom stereocenters. The van der Waals surface area contributed by atoms with Crippen LogP contribution in [0.1, 0.15) is 32.6 Å². The fraction of sp³-hybridized carbons (Fsp3) is 0.600. The Bertz CT molecular complexity index is 209. The van der Waals surface area contributed by atoms with Gasteiger partial charge in [-0.15, -0.1) is 5.73 Å². The molecular weight excluding hydrogens is 136 g/mol. The van der Waals surface area contributed by atoms with Crippen LogP contribution in [0.5, 0.6) is 0 Å². The lowest BCUT2D eigenvalue weighted by atomic mass is 9.82. The Labute approximate surface area is 67.8 Å². The molecular formula is C10H14O. The molecule has 1 rings (SSSR count). The van der Waals surface area contributed by atoms with Crippen LogP contribution in [0.3, 0.4) is 0 Å². The minimum atomic E-state index is 0.140. The van der Waals surface area contributed by atoms with Crippen molar-refractivity contribution in [2.75, 3.05) is 0 Å². The van der Waals surface area contributed by atoms with Gasteiger partial charge in [0.1, 0.15) is 5.78 Å². The van der Waals surface area contributed by atoms with Gasteiger partial charge >= 0.3 is 0 Å².